The molecule has 4 aromatic rings. The second-order valence-corrected chi connectivity index (χ2v) is 8.44. The lowest BCUT2D eigenvalue weighted by molar-refractivity contribution is 0.603. The van der Waals surface area contributed by atoms with Crippen molar-refractivity contribution in [2.45, 2.75) is 11.8 Å². The van der Waals surface area contributed by atoms with Gasteiger partial charge in [-0.25, -0.2) is 13.4 Å². The average molecular weight is 424 g/mol. The van der Waals surface area contributed by atoms with Crippen LogP contribution in [0.3, 0.4) is 0 Å². The van der Waals surface area contributed by atoms with Crippen LogP contribution in [0, 0.1) is 6.92 Å². The number of halogens is 1. The third-order valence-corrected chi connectivity index (χ3v) is 5.63. The Morgan fingerprint density at radius 3 is 2.34 bits per heavy atom. The van der Waals surface area contributed by atoms with E-state index in [9.17, 15) is 8.42 Å². The summed E-state index contributed by atoms with van der Waals surface area (Å²) in [5.74, 6) is 0.201. The smallest absolute Gasteiger partial charge is 0.202 e. The maximum Gasteiger partial charge on any atom is 0.202 e. The monoisotopic (exact) mass is 423 g/mol. The van der Waals surface area contributed by atoms with Crippen molar-refractivity contribution in [2.75, 3.05) is 5.32 Å². The number of para-hydroxylation sites is 2. The summed E-state index contributed by atoms with van der Waals surface area (Å²) in [7, 11) is -3.97. The highest BCUT2D eigenvalue weighted by atomic mass is 35.5. The molecule has 0 saturated heterocycles. The number of aryl methyl sites for hydroxylation is 1. The Balaban J connectivity index is 1.79. The van der Waals surface area contributed by atoms with E-state index in [-0.39, 0.29) is 16.5 Å². The molecule has 1 heterocycles. The van der Waals surface area contributed by atoms with Crippen LogP contribution in [0.15, 0.2) is 77.7 Å². The molecule has 0 saturated carbocycles. The number of anilines is 2. The van der Waals surface area contributed by atoms with Crippen LogP contribution in [0.25, 0.3) is 15.8 Å². The minimum absolute atomic E-state index is 0.0230. The van der Waals surface area contributed by atoms with Crippen molar-refractivity contribution in [3.63, 3.8) is 0 Å². The highest BCUT2D eigenvalue weighted by molar-refractivity contribution is 7.94. The largest absolute Gasteiger partial charge is 0.431 e. The zero-order valence-electron chi connectivity index (χ0n) is 15.4. The van der Waals surface area contributed by atoms with E-state index < -0.39 is 10.0 Å². The predicted molar refractivity (Wildman–Crippen MR) is 116 cm³/mol. The van der Waals surface area contributed by atoms with Gasteiger partial charge < -0.3 is 15.0 Å². The third kappa shape index (κ3) is 4.31. The maximum absolute atomic E-state index is 12.9. The molecule has 0 bridgehead atoms. The summed E-state index contributed by atoms with van der Waals surface area (Å²) in [5, 5.41) is 3.61. The summed E-state index contributed by atoms with van der Waals surface area (Å²) < 4.78 is 29.7. The van der Waals surface area contributed by atoms with Crippen LogP contribution in [-0.4, -0.2) is 18.4 Å². The van der Waals surface area contributed by atoms with E-state index in [1.54, 1.807) is 54.6 Å². The fourth-order valence-electron chi connectivity index (χ4n) is 2.78. The van der Waals surface area contributed by atoms with Gasteiger partial charge >= 0.3 is 0 Å². The molecule has 0 amide bonds. The normalized spacial score (nSPS) is 11.4. The van der Waals surface area contributed by atoms with Gasteiger partial charge in [-0.05, 0) is 60.2 Å². The molecule has 0 aliphatic rings. The molecule has 146 valence electrons. The van der Waals surface area contributed by atoms with Crippen molar-refractivity contribution in [1.29, 1.82) is 0 Å². The number of nitrogens with zero attached hydrogens (tertiary/aromatic N) is 3. The van der Waals surface area contributed by atoms with Gasteiger partial charge in [0, 0.05) is 10.7 Å². The number of rotatable bonds is 5. The van der Waals surface area contributed by atoms with Gasteiger partial charge in [-0.2, -0.15) is 0 Å². The zero-order valence-corrected chi connectivity index (χ0v) is 16.9. The van der Waals surface area contributed by atoms with Crippen LogP contribution in [0.2, 0.25) is 5.02 Å². The molecule has 0 aliphatic heterocycles. The standard InChI is InChI=1S/C21H16ClN4O2S/c1-14-6-4-9-17(12-14)29(27,28)26-21-20(23-16-8-5-7-15(22)13-16)24-18-10-2-3-11-19(18)25-21/h2-13H,1H3,(H-,23,24,25,26)/q-1. The Bertz CT molecular complexity index is 1310. The fraction of sp³-hybridized carbons (Fsp3) is 0.0476. The quantitative estimate of drug-likeness (QED) is 0.443. The van der Waals surface area contributed by atoms with E-state index in [2.05, 4.69) is 20.0 Å². The molecule has 0 unspecified atom stereocenters. The summed E-state index contributed by atoms with van der Waals surface area (Å²) in [5.41, 5.74) is 2.63. The Labute approximate surface area is 173 Å². The number of benzene rings is 3. The molecule has 0 fully saturated rings. The second kappa shape index (κ2) is 7.69. The second-order valence-electron chi connectivity index (χ2n) is 6.40. The van der Waals surface area contributed by atoms with Crippen LogP contribution in [0.5, 0.6) is 0 Å². The Hall–Kier alpha value is -3.16. The molecule has 6 nitrogen and oxygen atoms in total. The molecule has 0 radical (unpaired) electrons. The van der Waals surface area contributed by atoms with Crippen LogP contribution in [0.4, 0.5) is 17.3 Å². The lowest BCUT2D eigenvalue weighted by Crippen LogP contribution is -2.03. The first-order valence-corrected chi connectivity index (χ1v) is 10.6. The van der Waals surface area contributed by atoms with Gasteiger partial charge in [0.05, 0.1) is 10.4 Å². The van der Waals surface area contributed by atoms with Crippen molar-refractivity contribution < 1.29 is 8.42 Å². The van der Waals surface area contributed by atoms with Gasteiger partial charge in [0.25, 0.3) is 0 Å². The van der Waals surface area contributed by atoms with Gasteiger partial charge in [-0.3, -0.25) is 0 Å². The molecule has 3 aromatic carbocycles. The van der Waals surface area contributed by atoms with Crippen molar-refractivity contribution in [2.24, 2.45) is 0 Å². The Morgan fingerprint density at radius 2 is 1.62 bits per heavy atom. The highest BCUT2D eigenvalue weighted by Gasteiger charge is 2.13. The first-order valence-electron chi connectivity index (χ1n) is 8.75. The van der Waals surface area contributed by atoms with E-state index in [0.717, 1.165) is 5.56 Å². The summed E-state index contributed by atoms with van der Waals surface area (Å²) in [6.07, 6.45) is 0. The lowest BCUT2D eigenvalue weighted by Gasteiger charge is -2.21. The summed E-state index contributed by atoms with van der Waals surface area (Å²) in [6.45, 7) is 1.82. The van der Waals surface area contributed by atoms with Gasteiger partial charge in [0.15, 0.2) is 0 Å². The van der Waals surface area contributed by atoms with Crippen LogP contribution >= 0.6 is 11.6 Å². The molecule has 29 heavy (non-hydrogen) atoms. The topological polar surface area (TPSA) is 86.1 Å². The van der Waals surface area contributed by atoms with Crippen molar-refractivity contribution in [3.8, 4) is 0 Å². The molecule has 4 rings (SSSR count). The van der Waals surface area contributed by atoms with Gasteiger partial charge in [-0.15, -0.1) is 0 Å². The summed E-state index contributed by atoms with van der Waals surface area (Å²) >= 11 is 6.05. The minimum atomic E-state index is -3.97. The first-order chi connectivity index (χ1) is 13.9. The zero-order chi connectivity index (χ0) is 20.4. The number of aromatic nitrogens is 2. The molecule has 0 spiro atoms. The highest BCUT2D eigenvalue weighted by Crippen LogP contribution is 2.35. The molecule has 0 atom stereocenters. The number of sulfonamides is 1. The number of fused-ring (bicyclic) bond motifs is 1. The van der Waals surface area contributed by atoms with E-state index in [0.29, 0.717) is 21.7 Å². The summed E-state index contributed by atoms with van der Waals surface area (Å²) in [4.78, 5) is 9.04. The van der Waals surface area contributed by atoms with E-state index in [1.807, 2.05) is 19.1 Å². The van der Waals surface area contributed by atoms with Gasteiger partial charge in [-0.1, -0.05) is 48.0 Å². The Morgan fingerprint density at radius 1 is 0.897 bits per heavy atom. The number of hydrogen-bond donors (Lipinski definition) is 1. The Kier molecular flexibility index (Phi) is 5.08. The van der Waals surface area contributed by atoms with Crippen LogP contribution in [0.1, 0.15) is 5.56 Å². The molecule has 0 aliphatic carbocycles. The van der Waals surface area contributed by atoms with Gasteiger partial charge in [0.2, 0.25) is 10.0 Å². The summed E-state index contributed by atoms with van der Waals surface area (Å²) in [6, 6.07) is 20.8. The van der Waals surface area contributed by atoms with Crippen molar-refractivity contribution >= 4 is 50.0 Å². The van der Waals surface area contributed by atoms with Crippen molar-refractivity contribution in [3.05, 3.63) is 88.1 Å². The average Bonchev–Trinajstić information content (AvgIpc) is 2.68. The van der Waals surface area contributed by atoms with E-state index in [4.69, 9.17) is 11.6 Å². The minimum Gasteiger partial charge on any atom is -0.431 e. The third-order valence-electron chi connectivity index (χ3n) is 4.13. The number of hydrogen-bond acceptors (Lipinski definition) is 5. The van der Waals surface area contributed by atoms with Crippen LogP contribution < -0.4 is 5.32 Å². The fourth-order valence-corrected chi connectivity index (χ4v) is 4.02. The molecule has 1 aromatic heterocycles. The van der Waals surface area contributed by atoms with Gasteiger partial charge in [0.1, 0.15) is 5.82 Å². The first kappa shape index (κ1) is 19.2. The molecular weight excluding hydrogens is 408 g/mol. The lowest BCUT2D eigenvalue weighted by atomic mass is 10.2. The van der Waals surface area contributed by atoms with E-state index >= 15 is 0 Å². The maximum atomic E-state index is 12.9. The molecular formula is C21H16ClN4O2S-. The SMILES string of the molecule is Cc1cccc(S(=O)(=O)[N-]c2nc3ccccc3nc2Nc2cccc(Cl)c2)c1. The predicted octanol–water partition coefficient (Wildman–Crippen LogP) is 5.73. The van der Waals surface area contributed by atoms with Crippen LogP contribution in [-0.2, 0) is 10.0 Å². The number of nitrogens with one attached hydrogen (secondary N) is 1. The molecule has 8 heteroatoms. The molecule has 1 N–H and O–H groups in total. The van der Waals surface area contributed by atoms with E-state index in [1.165, 1.54) is 6.07 Å². The van der Waals surface area contributed by atoms with Crippen molar-refractivity contribution in [1.82, 2.24) is 9.97 Å².